The number of rotatable bonds is 4. The van der Waals surface area contributed by atoms with Crippen molar-refractivity contribution in [3.05, 3.63) is 0 Å². The number of aliphatic imine (C=N–C) groups is 1. The number of methoxy groups -OCH3 is 1. The minimum absolute atomic E-state index is 0. The van der Waals surface area contributed by atoms with Crippen molar-refractivity contribution in [1.29, 1.82) is 0 Å². The van der Waals surface area contributed by atoms with Crippen molar-refractivity contribution in [2.24, 2.45) is 4.99 Å². The van der Waals surface area contributed by atoms with Crippen molar-refractivity contribution in [1.82, 2.24) is 10.2 Å². The normalized spacial score (nSPS) is 27.1. The van der Waals surface area contributed by atoms with E-state index >= 15 is 0 Å². The highest BCUT2D eigenvalue weighted by molar-refractivity contribution is 14.0. The highest BCUT2D eigenvalue weighted by Gasteiger charge is 2.23. The topological polar surface area (TPSA) is 64.6 Å². The van der Waals surface area contributed by atoms with Crippen molar-refractivity contribution in [3.63, 3.8) is 0 Å². The van der Waals surface area contributed by atoms with E-state index in [1.807, 2.05) is 0 Å². The van der Waals surface area contributed by atoms with Gasteiger partial charge in [-0.2, -0.15) is 0 Å². The van der Waals surface area contributed by atoms with Crippen LogP contribution in [-0.2, 0) is 18.9 Å². The van der Waals surface area contributed by atoms with Crippen molar-refractivity contribution in [2.45, 2.75) is 12.2 Å². The van der Waals surface area contributed by atoms with Crippen LogP contribution < -0.4 is 5.32 Å². The third-order valence-electron chi connectivity index (χ3n) is 3.38. The summed E-state index contributed by atoms with van der Waals surface area (Å²) in [4.78, 5) is 6.52. The molecule has 0 aliphatic carbocycles. The van der Waals surface area contributed by atoms with Crippen LogP contribution in [0.5, 0.6) is 0 Å². The van der Waals surface area contributed by atoms with Crippen LogP contribution in [0.1, 0.15) is 0 Å². The first-order valence-corrected chi connectivity index (χ1v) is 7.09. The van der Waals surface area contributed by atoms with Gasteiger partial charge in [0.15, 0.2) is 5.96 Å². The number of halogens is 1. The summed E-state index contributed by atoms with van der Waals surface area (Å²) in [5, 5.41) is 3.35. The molecule has 124 valence electrons. The number of ether oxygens (including phenoxy) is 4. The molecule has 2 fully saturated rings. The second-order valence-corrected chi connectivity index (χ2v) is 4.89. The molecule has 0 saturated carbocycles. The number of nitrogens with zero attached hydrogens (tertiary/aromatic N) is 2. The quantitative estimate of drug-likeness (QED) is 0.395. The lowest BCUT2D eigenvalue weighted by Gasteiger charge is -2.35. The van der Waals surface area contributed by atoms with Gasteiger partial charge in [-0.3, -0.25) is 4.99 Å². The Morgan fingerprint density at radius 1 is 1.29 bits per heavy atom. The number of hydrogen-bond donors (Lipinski definition) is 1. The first-order chi connectivity index (χ1) is 9.83. The van der Waals surface area contributed by atoms with Crippen LogP contribution in [0.25, 0.3) is 0 Å². The monoisotopic (exact) mass is 415 g/mol. The number of morpholine rings is 1. The van der Waals surface area contributed by atoms with Crippen LogP contribution >= 0.6 is 24.0 Å². The molecule has 2 aliphatic heterocycles. The first kappa shape index (κ1) is 18.9. The van der Waals surface area contributed by atoms with Crippen LogP contribution in [0, 0.1) is 0 Å². The van der Waals surface area contributed by atoms with Crippen LogP contribution in [-0.4, -0.2) is 89.9 Å². The summed E-state index contributed by atoms with van der Waals surface area (Å²) in [5.41, 5.74) is 0. The van der Waals surface area contributed by atoms with E-state index in [1.54, 1.807) is 14.2 Å². The minimum atomic E-state index is 0. The number of nitrogens with one attached hydrogen (secondary N) is 1. The third-order valence-corrected chi connectivity index (χ3v) is 3.38. The fraction of sp³-hybridized carbons (Fsp3) is 0.923. The van der Waals surface area contributed by atoms with Gasteiger partial charge >= 0.3 is 0 Å². The molecule has 2 saturated heterocycles. The molecule has 21 heavy (non-hydrogen) atoms. The number of guanidine groups is 1. The Kier molecular flexibility index (Phi) is 9.49. The predicted molar refractivity (Wildman–Crippen MR) is 90.5 cm³/mol. The van der Waals surface area contributed by atoms with Gasteiger partial charge in [-0.1, -0.05) is 0 Å². The zero-order valence-electron chi connectivity index (χ0n) is 12.7. The van der Waals surface area contributed by atoms with Gasteiger partial charge in [-0.15, -0.1) is 24.0 Å². The fourth-order valence-corrected chi connectivity index (χ4v) is 2.39. The van der Waals surface area contributed by atoms with E-state index in [4.69, 9.17) is 18.9 Å². The smallest absolute Gasteiger partial charge is 0.193 e. The maximum Gasteiger partial charge on any atom is 0.193 e. The van der Waals surface area contributed by atoms with Gasteiger partial charge in [0, 0.05) is 33.8 Å². The lowest BCUT2D eigenvalue weighted by molar-refractivity contribution is -0.0855. The van der Waals surface area contributed by atoms with Crippen molar-refractivity contribution < 1.29 is 18.9 Å². The predicted octanol–water partition coefficient (Wildman–Crippen LogP) is -0.0576. The summed E-state index contributed by atoms with van der Waals surface area (Å²) in [6.45, 7) is 5.62. The second-order valence-electron chi connectivity index (χ2n) is 4.89. The summed E-state index contributed by atoms with van der Waals surface area (Å²) in [6.07, 6.45) is 0.192. The van der Waals surface area contributed by atoms with Gasteiger partial charge in [0.25, 0.3) is 0 Å². The lowest BCUT2D eigenvalue weighted by atomic mass is 10.3. The first-order valence-electron chi connectivity index (χ1n) is 7.09. The summed E-state index contributed by atoms with van der Waals surface area (Å²) >= 11 is 0. The Hall–Kier alpha value is -0.160. The van der Waals surface area contributed by atoms with Crippen LogP contribution in [0.2, 0.25) is 0 Å². The standard InChI is InChI=1S/C13H25N3O4.HI/c1-14-13(15-7-11-10-18-5-6-20-11)16-3-4-19-12(8-16)9-17-2;/h11-12H,3-10H2,1-2H3,(H,14,15);1H. The Labute approximate surface area is 143 Å². The third kappa shape index (κ3) is 6.23. The highest BCUT2D eigenvalue weighted by Crippen LogP contribution is 2.06. The fourth-order valence-electron chi connectivity index (χ4n) is 2.39. The molecule has 0 aromatic carbocycles. The average molecular weight is 415 g/mol. The maximum atomic E-state index is 5.64. The molecule has 8 heteroatoms. The molecule has 0 bridgehead atoms. The van der Waals surface area contributed by atoms with Gasteiger partial charge in [0.2, 0.25) is 0 Å². The molecule has 0 amide bonds. The van der Waals surface area contributed by atoms with Gasteiger partial charge < -0.3 is 29.2 Å². The SMILES string of the molecule is CN=C(NCC1COCCO1)N1CCOC(COC)C1.I. The summed E-state index contributed by atoms with van der Waals surface area (Å²) in [7, 11) is 3.48. The summed E-state index contributed by atoms with van der Waals surface area (Å²) in [5.74, 6) is 0.878. The molecule has 0 aromatic heterocycles. The van der Waals surface area contributed by atoms with E-state index in [9.17, 15) is 0 Å². The maximum absolute atomic E-state index is 5.64. The second kappa shape index (κ2) is 10.5. The van der Waals surface area contributed by atoms with Crippen molar-refractivity contribution in [3.8, 4) is 0 Å². The largest absolute Gasteiger partial charge is 0.382 e. The van der Waals surface area contributed by atoms with Crippen LogP contribution in [0.3, 0.4) is 0 Å². The molecule has 1 N–H and O–H groups in total. The average Bonchev–Trinajstić information content (AvgIpc) is 2.50. The zero-order chi connectivity index (χ0) is 14.2. The van der Waals surface area contributed by atoms with Gasteiger partial charge in [0.1, 0.15) is 0 Å². The van der Waals surface area contributed by atoms with E-state index in [0.29, 0.717) is 39.6 Å². The lowest BCUT2D eigenvalue weighted by Crippen LogP contribution is -2.53. The van der Waals surface area contributed by atoms with Gasteiger partial charge in [-0.25, -0.2) is 0 Å². The molecular weight excluding hydrogens is 389 g/mol. The molecule has 2 unspecified atom stereocenters. The van der Waals surface area contributed by atoms with Crippen LogP contribution in [0.15, 0.2) is 4.99 Å². The van der Waals surface area contributed by atoms with E-state index in [-0.39, 0.29) is 36.2 Å². The Morgan fingerprint density at radius 2 is 2.10 bits per heavy atom. The Balaban J connectivity index is 0.00000220. The van der Waals surface area contributed by atoms with Gasteiger partial charge in [0.05, 0.1) is 45.2 Å². The minimum Gasteiger partial charge on any atom is -0.382 e. The molecule has 0 aromatic rings. The van der Waals surface area contributed by atoms with E-state index in [2.05, 4.69) is 15.2 Å². The molecule has 2 heterocycles. The molecule has 7 nitrogen and oxygen atoms in total. The van der Waals surface area contributed by atoms with Gasteiger partial charge in [-0.05, 0) is 0 Å². The molecule has 2 rings (SSSR count). The van der Waals surface area contributed by atoms with E-state index < -0.39 is 0 Å². The van der Waals surface area contributed by atoms with Crippen molar-refractivity contribution >= 4 is 29.9 Å². The Morgan fingerprint density at radius 3 is 2.76 bits per heavy atom. The molecule has 0 spiro atoms. The molecule has 2 atom stereocenters. The van der Waals surface area contributed by atoms with E-state index in [0.717, 1.165) is 19.0 Å². The Bertz CT molecular complexity index is 312. The molecule has 2 aliphatic rings. The summed E-state index contributed by atoms with van der Waals surface area (Å²) < 4.78 is 21.8. The van der Waals surface area contributed by atoms with Crippen molar-refractivity contribution in [2.75, 3.05) is 66.8 Å². The molecular formula is C13H26IN3O4. The highest BCUT2D eigenvalue weighted by atomic mass is 127. The molecule has 0 radical (unpaired) electrons. The number of hydrogen-bond acceptors (Lipinski definition) is 5. The van der Waals surface area contributed by atoms with E-state index in [1.165, 1.54) is 0 Å². The zero-order valence-corrected chi connectivity index (χ0v) is 15.1. The summed E-state index contributed by atoms with van der Waals surface area (Å²) in [6, 6.07) is 0. The van der Waals surface area contributed by atoms with Crippen LogP contribution in [0.4, 0.5) is 0 Å².